The molecule has 0 heterocycles. The molecule has 2 heteroatoms. The Labute approximate surface area is 102 Å². The number of nitrogens with zero attached hydrogens (tertiary/aromatic N) is 1. The number of hydrogen-bond acceptors (Lipinski definition) is 2. The molecule has 2 aromatic rings. The standard InChI is InChI=1S/C15H14N2/c16-12-11-15(13-7-3-1-4-8-13)17-14-9-5-2-6-10-14/h1-10,15,17H,11H2. The SMILES string of the molecule is N#CCC(Nc1ccccc1)c1ccccc1. The number of nitrogens with one attached hydrogen (secondary N) is 1. The fourth-order valence-corrected chi connectivity index (χ4v) is 1.76. The Hall–Kier alpha value is -2.27. The van der Waals surface area contributed by atoms with E-state index in [4.69, 9.17) is 5.26 Å². The molecule has 1 atom stereocenters. The van der Waals surface area contributed by atoms with E-state index in [2.05, 4.69) is 11.4 Å². The zero-order valence-corrected chi connectivity index (χ0v) is 9.51. The molecule has 0 aliphatic heterocycles. The van der Waals surface area contributed by atoms with Crippen molar-refractivity contribution in [3.05, 3.63) is 66.2 Å². The van der Waals surface area contributed by atoms with E-state index in [1.54, 1.807) is 0 Å². The third kappa shape index (κ3) is 3.09. The highest BCUT2D eigenvalue weighted by atomic mass is 14.9. The van der Waals surface area contributed by atoms with E-state index in [0.717, 1.165) is 11.3 Å². The van der Waals surface area contributed by atoms with Crippen LogP contribution in [0.1, 0.15) is 18.0 Å². The van der Waals surface area contributed by atoms with Gasteiger partial charge in [-0.15, -0.1) is 0 Å². The van der Waals surface area contributed by atoms with E-state index in [1.165, 1.54) is 0 Å². The fraction of sp³-hybridized carbons (Fsp3) is 0.133. The Morgan fingerprint density at radius 1 is 0.941 bits per heavy atom. The van der Waals surface area contributed by atoms with Gasteiger partial charge in [0.25, 0.3) is 0 Å². The first-order chi connectivity index (χ1) is 8.40. The van der Waals surface area contributed by atoms with Crippen molar-refractivity contribution < 1.29 is 0 Å². The van der Waals surface area contributed by atoms with Gasteiger partial charge >= 0.3 is 0 Å². The van der Waals surface area contributed by atoms with Crippen molar-refractivity contribution in [2.24, 2.45) is 0 Å². The summed E-state index contributed by atoms with van der Waals surface area (Å²) in [4.78, 5) is 0. The van der Waals surface area contributed by atoms with Crippen LogP contribution in [0.15, 0.2) is 60.7 Å². The van der Waals surface area contributed by atoms with Gasteiger partial charge in [-0.3, -0.25) is 0 Å². The number of anilines is 1. The quantitative estimate of drug-likeness (QED) is 0.855. The van der Waals surface area contributed by atoms with Crippen LogP contribution in [0, 0.1) is 11.3 Å². The second kappa shape index (κ2) is 5.72. The minimum atomic E-state index is 0.0450. The first-order valence-electron chi connectivity index (χ1n) is 5.63. The van der Waals surface area contributed by atoms with E-state index in [0.29, 0.717) is 6.42 Å². The van der Waals surface area contributed by atoms with Crippen molar-refractivity contribution >= 4 is 5.69 Å². The predicted octanol–water partition coefficient (Wildman–Crippen LogP) is 3.75. The zero-order chi connectivity index (χ0) is 11.9. The molecule has 0 aliphatic rings. The van der Waals surface area contributed by atoms with Gasteiger partial charge in [0.05, 0.1) is 18.5 Å². The van der Waals surface area contributed by atoms with Gasteiger partial charge in [0.1, 0.15) is 0 Å². The van der Waals surface area contributed by atoms with Gasteiger partial charge in [0, 0.05) is 5.69 Å². The Kier molecular flexibility index (Phi) is 3.77. The summed E-state index contributed by atoms with van der Waals surface area (Å²) in [5.74, 6) is 0. The Morgan fingerprint density at radius 3 is 2.12 bits per heavy atom. The fourth-order valence-electron chi connectivity index (χ4n) is 1.76. The van der Waals surface area contributed by atoms with Crippen molar-refractivity contribution in [2.45, 2.75) is 12.5 Å². The van der Waals surface area contributed by atoms with Crippen LogP contribution in [0.25, 0.3) is 0 Å². The Bertz CT molecular complexity index is 485. The van der Waals surface area contributed by atoms with Gasteiger partial charge in [0.2, 0.25) is 0 Å². The summed E-state index contributed by atoms with van der Waals surface area (Å²) in [5, 5.41) is 12.3. The number of para-hydroxylation sites is 1. The zero-order valence-electron chi connectivity index (χ0n) is 9.51. The molecule has 0 amide bonds. The van der Waals surface area contributed by atoms with Gasteiger partial charge in [0.15, 0.2) is 0 Å². The van der Waals surface area contributed by atoms with E-state index in [1.807, 2.05) is 60.7 Å². The molecule has 0 radical (unpaired) electrons. The van der Waals surface area contributed by atoms with Gasteiger partial charge in [-0.2, -0.15) is 5.26 Å². The highest BCUT2D eigenvalue weighted by molar-refractivity contribution is 5.45. The number of nitriles is 1. The summed E-state index contributed by atoms with van der Waals surface area (Å²) >= 11 is 0. The molecule has 0 spiro atoms. The van der Waals surface area contributed by atoms with Crippen molar-refractivity contribution in [2.75, 3.05) is 5.32 Å². The van der Waals surface area contributed by atoms with Crippen LogP contribution in [-0.2, 0) is 0 Å². The molecule has 1 N–H and O–H groups in total. The smallest absolute Gasteiger partial charge is 0.0647 e. The molecule has 2 rings (SSSR count). The topological polar surface area (TPSA) is 35.8 Å². The van der Waals surface area contributed by atoms with E-state index in [-0.39, 0.29) is 6.04 Å². The van der Waals surface area contributed by atoms with Crippen LogP contribution in [-0.4, -0.2) is 0 Å². The highest BCUT2D eigenvalue weighted by Crippen LogP contribution is 2.21. The summed E-state index contributed by atoms with van der Waals surface area (Å²) < 4.78 is 0. The largest absolute Gasteiger partial charge is 0.377 e. The number of rotatable bonds is 4. The molecule has 0 aliphatic carbocycles. The lowest BCUT2D eigenvalue weighted by Gasteiger charge is -2.17. The summed E-state index contributed by atoms with van der Waals surface area (Å²) in [7, 11) is 0. The number of hydrogen-bond donors (Lipinski definition) is 1. The molecule has 17 heavy (non-hydrogen) atoms. The first kappa shape index (κ1) is 11.2. The van der Waals surface area contributed by atoms with Gasteiger partial charge in [-0.1, -0.05) is 48.5 Å². The third-order valence-electron chi connectivity index (χ3n) is 2.61. The first-order valence-corrected chi connectivity index (χ1v) is 5.63. The molecule has 0 bridgehead atoms. The maximum atomic E-state index is 8.89. The normalized spacial score (nSPS) is 11.5. The second-order valence-electron chi connectivity index (χ2n) is 3.84. The summed E-state index contributed by atoms with van der Waals surface area (Å²) in [6.45, 7) is 0. The molecule has 0 fully saturated rings. The van der Waals surface area contributed by atoms with Crippen molar-refractivity contribution in [3.8, 4) is 6.07 Å². The minimum Gasteiger partial charge on any atom is -0.377 e. The van der Waals surface area contributed by atoms with Gasteiger partial charge in [-0.25, -0.2) is 0 Å². The second-order valence-corrected chi connectivity index (χ2v) is 3.84. The third-order valence-corrected chi connectivity index (χ3v) is 2.61. The molecule has 0 aromatic heterocycles. The molecule has 2 nitrogen and oxygen atoms in total. The molecule has 84 valence electrons. The average Bonchev–Trinajstić information content (AvgIpc) is 2.40. The molecule has 0 saturated carbocycles. The summed E-state index contributed by atoms with van der Waals surface area (Å²) in [6, 6.07) is 22.3. The lowest BCUT2D eigenvalue weighted by atomic mass is 10.0. The predicted molar refractivity (Wildman–Crippen MR) is 69.5 cm³/mol. The van der Waals surface area contributed by atoms with Crippen molar-refractivity contribution in [1.29, 1.82) is 5.26 Å². The lowest BCUT2D eigenvalue weighted by Crippen LogP contribution is -2.09. The Morgan fingerprint density at radius 2 is 1.53 bits per heavy atom. The molecular weight excluding hydrogens is 208 g/mol. The maximum Gasteiger partial charge on any atom is 0.0647 e. The molecule has 1 unspecified atom stereocenters. The number of benzene rings is 2. The van der Waals surface area contributed by atoms with E-state index >= 15 is 0 Å². The van der Waals surface area contributed by atoms with E-state index < -0.39 is 0 Å². The monoisotopic (exact) mass is 222 g/mol. The van der Waals surface area contributed by atoms with Crippen LogP contribution in [0.4, 0.5) is 5.69 Å². The average molecular weight is 222 g/mol. The summed E-state index contributed by atoms with van der Waals surface area (Å²) in [6.07, 6.45) is 0.457. The lowest BCUT2D eigenvalue weighted by molar-refractivity contribution is 0.806. The van der Waals surface area contributed by atoms with Crippen LogP contribution in [0.3, 0.4) is 0 Å². The van der Waals surface area contributed by atoms with Crippen LogP contribution < -0.4 is 5.32 Å². The van der Waals surface area contributed by atoms with Gasteiger partial charge in [-0.05, 0) is 17.7 Å². The Balaban J connectivity index is 2.17. The molecule has 0 saturated heterocycles. The van der Waals surface area contributed by atoms with Crippen LogP contribution in [0.2, 0.25) is 0 Å². The minimum absolute atomic E-state index is 0.0450. The van der Waals surface area contributed by atoms with Crippen molar-refractivity contribution in [1.82, 2.24) is 0 Å². The molecular formula is C15H14N2. The van der Waals surface area contributed by atoms with Crippen LogP contribution in [0.5, 0.6) is 0 Å². The summed E-state index contributed by atoms with van der Waals surface area (Å²) in [5.41, 5.74) is 2.18. The van der Waals surface area contributed by atoms with E-state index in [9.17, 15) is 0 Å². The van der Waals surface area contributed by atoms with Crippen molar-refractivity contribution in [3.63, 3.8) is 0 Å². The molecule has 2 aromatic carbocycles. The van der Waals surface area contributed by atoms with Crippen LogP contribution >= 0.6 is 0 Å². The van der Waals surface area contributed by atoms with Gasteiger partial charge < -0.3 is 5.32 Å². The highest BCUT2D eigenvalue weighted by Gasteiger charge is 2.09. The maximum absolute atomic E-state index is 8.89.